The molecule has 0 aliphatic carbocycles. The molecule has 0 aromatic carbocycles. The molecule has 0 fully saturated rings. The molecule has 0 aliphatic heterocycles. The Balaban J connectivity index is 2.49. The molecule has 5 heteroatoms. The summed E-state index contributed by atoms with van der Waals surface area (Å²) in [6.45, 7) is 5.36. The van der Waals surface area contributed by atoms with Gasteiger partial charge in [0.15, 0.2) is 0 Å². The maximum Gasteiger partial charge on any atom is 0.252 e. The first-order valence-corrected chi connectivity index (χ1v) is 6.18. The van der Waals surface area contributed by atoms with Crippen molar-refractivity contribution in [2.45, 2.75) is 26.4 Å². The van der Waals surface area contributed by atoms with Gasteiger partial charge in [-0.3, -0.25) is 4.79 Å². The molecular weight excluding hydrogens is 230 g/mol. The monoisotopic (exact) mass is 251 g/mol. The third-order valence-corrected chi connectivity index (χ3v) is 2.53. The molecule has 18 heavy (non-hydrogen) atoms. The number of hydrogen-bond acceptors (Lipinski definition) is 4. The fourth-order valence-corrected chi connectivity index (χ4v) is 1.30. The fraction of sp³-hybridized carbons (Fsp3) is 0.538. The first-order chi connectivity index (χ1) is 8.67. The molecule has 0 radical (unpaired) electrons. The number of carbonyl (C=O) groups excluding carboxylic acids is 1. The molecule has 1 heterocycles. The fourth-order valence-electron chi connectivity index (χ4n) is 1.30. The lowest BCUT2D eigenvalue weighted by molar-refractivity contribution is 0.0953. The van der Waals surface area contributed by atoms with E-state index in [-0.39, 0.29) is 12.0 Å². The molecule has 0 saturated carbocycles. The van der Waals surface area contributed by atoms with Gasteiger partial charge in [0, 0.05) is 26.4 Å². The Kier molecular flexibility index (Phi) is 6.14. The van der Waals surface area contributed by atoms with Gasteiger partial charge >= 0.3 is 0 Å². The van der Waals surface area contributed by atoms with Crippen LogP contribution in [0.2, 0.25) is 0 Å². The lowest BCUT2D eigenvalue weighted by Crippen LogP contribution is -2.24. The van der Waals surface area contributed by atoms with Crippen LogP contribution in [0, 0.1) is 0 Å². The highest BCUT2D eigenvalue weighted by molar-refractivity contribution is 5.93. The van der Waals surface area contributed by atoms with Gasteiger partial charge in [-0.15, -0.1) is 0 Å². The van der Waals surface area contributed by atoms with E-state index >= 15 is 0 Å². The van der Waals surface area contributed by atoms with E-state index in [4.69, 9.17) is 4.74 Å². The van der Waals surface area contributed by atoms with E-state index in [0.29, 0.717) is 18.7 Å². The second-order valence-electron chi connectivity index (χ2n) is 4.12. The van der Waals surface area contributed by atoms with Crippen molar-refractivity contribution in [1.82, 2.24) is 10.3 Å². The summed E-state index contributed by atoms with van der Waals surface area (Å²) in [5.41, 5.74) is 0.578. The van der Waals surface area contributed by atoms with Crippen LogP contribution in [0.3, 0.4) is 0 Å². The summed E-state index contributed by atoms with van der Waals surface area (Å²) in [6.07, 6.45) is 2.62. The summed E-state index contributed by atoms with van der Waals surface area (Å²) in [6, 6.07) is 3.56. The number of amides is 1. The number of carbonyl (C=O) groups is 1. The molecule has 0 saturated heterocycles. The summed E-state index contributed by atoms with van der Waals surface area (Å²) in [7, 11) is 1.67. The summed E-state index contributed by atoms with van der Waals surface area (Å²) in [4.78, 5) is 15.8. The lowest BCUT2D eigenvalue weighted by Gasteiger charge is -2.11. The number of pyridine rings is 1. The number of methoxy groups -OCH3 is 1. The van der Waals surface area contributed by atoms with Crippen LogP contribution in [0.25, 0.3) is 0 Å². The Morgan fingerprint density at radius 1 is 1.50 bits per heavy atom. The van der Waals surface area contributed by atoms with Crippen LogP contribution in [0.5, 0.6) is 0 Å². The van der Waals surface area contributed by atoms with Crippen molar-refractivity contribution in [2.75, 3.05) is 25.5 Å². The maximum absolute atomic E-state index is 11.6. The summed E-state index contributed by atoms with van der Waals surface area (Å²) >= 11 is 0. The Labute approximate surface area is 108 Å². The Bertz CT molecular complexity index is 365. The third kappa shape index (κ3) is 4.71. The van der Waals surface area contributed by atoms with Crippen LogP contribution in [0.4, 0.5) is 5.82 Å². The van der Waals surface area contributed by atoms with Crippen LogP contribution in [-0.4, -0.2) is 37.2 Å². The van der Waals surface area contributed by atoms with E-state index in [1.165, 1.54) is 0 Å². The molecule has 1 unspecified atom stereocenters. The van der Waals surface area contributed by atoms with Crippen molar-refractivity contribution in [2.24, 2.45) is 0 Å². The first-order valence-electron chi connectivity index (χ1n) is 6.18. The highest BCUT2D eigenvalue weighted by Gasteiger charge is 2.05. The van der Waals surface area contributed by atoms with Gasteiger partial charge in [0.2, 0.25) is 0 Å². The summed E-state index contributed by atoms with van der Waals surface area (Å²) < 4.78 is 5.12. The van der Waals surface area contributed by atoms with Gasteiger partial charge in [-0.25, -0.2) is 4.98 Å². The zero-order valence-electron chi connectivity index (χ0n) is 11.2. The van der Waals surface area contributed by atoms with E-state index in [1.54, 1.807) is 25.4 Å². The van der Waals surface area contributed by atoms with Crippen molar-refractivity contribution >= 4 is 11.7 Å². The molecule has 1 aromatic heterocycles. The number of rotatable bonds is 7. The molecule has 1 aromatic rings. The molecule has 2 N–H and O–H groups in total. The van der Waals surface area contributed by atoms with E-state index in [9.17, 15) is 4.79 Å². The minimum atomic E-state index is -0.0823. The highest BCUT2D eigenvalue weighted by Crippen LogP contribution is 2.05. The molecule has 0 aliphatic rings. The molecule has 0 spiro atoms. The van der Waals surface area contributed by atoms with Crippen LogP contribution >= 0.6 is 0 Å². The third-order valence-electron chi connectivity index (χ3n) is 2.53. The lowest BCUT2D eigenvalue weighted by atomic mass is 10.2. The first kappa shape index (κ1) is 14.4. The minimum Gasteiger partial charge on any atom is -0.380 e. The van der Waals surface area contributed by atoms with Gasteiger partial charge in [-0.2, -0.15) is 0 Å². The zero-order chi connectivity index (χ0) is 13.4. The highest BCUT2D eigenvalue weighted by atomic mass is 16.5. The van der Waals surface area contributed by atoms with Gasteiger partial charge in [0.1, 0.15) is 5.82 Å². The normalized spacial score (nSPS) is 11.9. The molecule has 1 rings (SSSR count). The van der Waals surface area contributed by atoms with Crippen LogP contribution in [0.1, 0.15) is 30.6 Å². The second-order valence-corrected chi connectivity index (χ2v) is 4.12. The average molecular weight is 251 g/mol. The van der Waals surface area contributed by atoms with Gasteiger partial charge in [-0.05, 0) is 25.5 Å². The van der Waals surface area contributed by atoms with Gasteiger partial charge in [0.05, 0.1) is 11.7 Å². The number of hydrogen-bond donors (Lipinski definition) is 2. The van der Waals surface area contributed by atoms with Crippen LogP contribution < -0.4 is 10.6 Å². The van der Waals surface area contributed by atoms with E-state index in [1.807, 2.05) is 13.8 Å². The van der Waals surface area contributed by atoms with E-state index in [2.05, 4.69) is 15.6 Å². The van der Waals surface area contributed by atoms with E-state index < -0.39 is 0 Å². The van der Waals surface area contributed by atoms with Gasteiger partial charge in [-0.1, -0.05) is 6.92 Å². The number of anilines is 1. The zero-order valence-corrected chi connectivity index (χ0v) is 11.2. The number of ether oxygens (including phenoxy) is 1. The molecule has 5 nitrogen and oxygen atoms in total. The van der Waals surface area contributed by atoms with Crippen molar-refractivity contribution < 1.29 is 9.53 Å². The standard InChI is InChI=1S/C13H21N3O2/c1-4-7-14-13(17)11-5-6-12(16-9-11)15-8-10(2)18-3/h5-6,9-10H,4,7-8H2,1-3H3,(H,14,17)(H,15,16). The molecular formula is C13H21N3O2. The predicted octanol–water partition coefficient (Wildman–Crippen LogP) is 1.67. The number of nitrogens with one attached hydrogen (secondary N) is 2. The predicted molar refractivity (Wildman–Crippen MR) is 71.8 cm³/mol. The Hall–Kier alpha value is -1.62. The van der Waals surface area contributed by atoms with Gasteiger partial charge in [0.25, 0.3) is 5.91 Å². The Morgan fingerprint density at radius 3 is 2.83 bits per heavy atom. The molecule has 1 amide bonds. The second kappa shape index (κ2) is 7.66. The van der Waals surface area contributed by atoms with Crippen LogP contribution in [-0.2, 0) is 4.74 Å². The van der Waals surface area contributed by atoms with E-state index in [0.717, 1.165) is 12.2 Å². The number of aromatic nitrogens is 1. The smallest absolute Gasteiger partial charge is 0.252 e. The largest absolute Gasteiger partial charge is 0.380 e. The number of nitrogens with zero attached hydrogens (tertiary/aromatic N) is 1. The molecule has 100 valence electrons. The Morgan fingerprint density at radius 2 is 2.28 bits per heavy atom. The molecule has 1 atom stereocenters. The average Bonchev–Trinajstić information content (AvgIpc) is 2.42. The molecule has 0 bridgehead atoms. The SMILES string of the molecule is CCCNC(=O)c1ccc(NCC(C)OC)nc1. The van der Waals surface area contributed by atoms with Crippen LogP contribution in [0.15, 0.2) is 18.3 Å². The van der Waals surface area contributed by atoms with Crippen molar-refractivity contribution in [1.29, 1.82) is 0 Å². The summed E-state index contributed by atoms with van der Waals surface area (Å²) in [5, 5.41) is 5.94. The topological polar surface area (TPSA) is 63.2 Å². The maximum atomic E-state index is 11.6. The van der Waals surface area contributed by atoms with Gasteiger partial charge < -0.3 is 15.4 Å². The summed E-state index contributed by atoms with van der Waals surface area (Å²) in [5.74, 6) is 0.659. The quantitative estimate of drug-likeness (QED) is 0.773. The minimum absolute atomic E-state index is 0.0823. The van der Waals surface area contributed by atoms with Crippen molar-refractivity contribution in [3.63, 3.8) is 0 Å². The van der Waals surface area contributed by atoms with Crippen molar-refractivity contribution in [3.05, 3.63) is 23.9 Å². The van der Waals surface area contributed by atoms with Crippen molar-refractivity contribution in [3.8, 4) is 0 Å².